The molecular weight excluding hydrogens is 332 g/mol. The van der Waals surface area contributed by atoms with E-state index < -0.39 is 0 Å². The van der Waals surface area contributed by atoms with E-state index >= 15 is 0 Å². The largest absolute Gasteiger partial charge is 0.507 e. The van der Waals surface area contributed by atoms with Crippen molar-refractivity contribution in [2.75, 3.05) is 6.54 Å². The van der Waals surface area contributed by atoms with Crippen molar-refractivity contribution in [3.8, 4) is 16.3 Å². The molecule has 4 rings (SSSR count). The molecule has 1 saturated carbocycles. The first-order valence-electron chi connectivity index (χ1n) is 9.20. The van der Waals surface area contributed by atoms with Crippen LogP contribution in [0.1, 0.15) is 54.6 Å². The number of benzene rings is 1. The van der Waals surface area contributed by atoms with Crippen molar-refractivity contribution in [2.24, 2.45) is 5.92 Å². The Morgan fingerprint density at radius 2 is 2.04 bits per heavy atom. The van der Waals surface area contributed by atoms with Crippen LogP contribution in [0, 0.1) is 12.8 Å². The summed E-state index contributed by atoms with van der Waals surface area (Å²) in [5.74, 6) is 0.954. The van der Waals surface area contributed by atoms with E-state index in [9.17, 15) is 9.90 Å². The molecule has 1 amide bonds. The molecule has 1 aromatic heterocycles. The van der Waals surface area contributed by atoms with Crippen LogP contribution in [-0.4, -0.2) is 33.5 Å². The Hall–Kier alpha value is -1.88. The second-order valence-corrected chi connectivity index (χ2v) is 8.17. The average Bonchev–Trinajstić information content (AvgIpc) is 3.10. The van der Waals surface area contributed by atoms with Crippen LogP contribution >= 0.6 is 11.3 Å². The van der Waals surface area contributed by atoms with Crippen molar-refractivity contribution in [2.45, 2.75) is 51.5 Å². The summed E-state index contributed by atoms with van der Waals surface area (Å²) in [6.45, 7) is 2.79. The predicted molar refractivity (Wildman–Crippen MR) is 100.0 cm³/mol. The second-order valence-electron chi connectivity index (χ2n) is 7.31. The number of carbonyl (C=O) groups excluding carboxylic acids is 1. The number of carbonyl (C=O) groups is 1. The first-order valence-corrected chi connectivity index (χ1v) is 10.1. The zero-order valence-electron chi connectivity index (χ0n) is 14.6. The second kappa shape index (κ2) is 6.79. The van der Waals surface area contributed by atoms with E-state index in [-0.39, 0.29) is 11.7 Å². The highest BCUT2D eigenvalue weighted by atomic mass is 32.1. The summed E-state index contributed by atoms with van der Waals surface area (Å²) in [4.78, 5) is 19.7. The van der Waals surface area contributed by atoms with E-state index in [1.54, 1.807) is 6.07 Å². The zero-order valence-corrected chi connectivity index (χ0v) is 15.4. The number of aryl methyl sites for hydroxylation is 1. The van der Waals surface area contributed by atoms with Crippen LogP contribution in [0.4, 0.5) is 0 Å². The number of amides is 1. The number of likely N-dealkylation sites (tertiary alicyclic amines) is 1. The fourth-order valence-corrected chi connectivity index (χ4v) is 5.17. The SMILES string of the molecule is Cc1ccc(-c2nc(C(=O)N3CCCC4CCCCC43)cs2)c(O)c1. The van der Waals surface area contributed by atoms with Gasteiger partial charge in [-0.2, -0.15) is 0 Å². The van der Waals surface area contributed by atoms with E-state index in [0.717, 1.165) is 24.9 Å². The Bertz CT molecular complexity index is 784. The third-order valence-electron chi connectivity index (χ3n) is 5.61. The molecule has 1 aliphatic carbocycles. The van der Waals surface area contributed by atoms with Crippen LogP contribution in [0.25, 0.3) is 10.6 Å². The molecule has 1 aliphatic heterocycles. The Kier molecular flexibility index (Phi) is 4.50. The number of phenols is 1. The monoisotopic (exact) mass is 356 g/mol. The lowest BCUT2D eigenvalue weighted by atomic mass is 9.78. The summed E-state index contributed by atoms with van der Waals surface area (Å²) in [6, 6.07) is 5.95. The molecule has 2 fully saturated rings. The number of nitrogens with zero attached hydrogens (tertiary/aromatic N) is 2. The van der Waals surface area contributed by atoms with Crippen LogP contribution in [0.15, 0.2) is 23.6 Å². The number of aromatic nitrogens is 1. The van der Waals surface area contributed by atoms with E-state index in [1.165, 1.54) is 37.0 Å². The maximum absolute atomic E-state index is 13.0. The predicted octanol–water partition coefficient (Wildman–Crippen LogP) is 4.62. The molecule has 1 N–H and O–H groups in total. The minimum Gasteiger partial charge on any atom is -0.507 e. The van der Waals surface area contributed by atoms with Gasteiger partial charge in [-0.25, -0.2) is 4.98 Å². The third-order valence-corrected chi connectivity index (χ3v) is 6.49. The third kappa shape index (κ3) is 3.17. The molecule has 132 valence electrons. The molecule has 1 saturated heterocycles. The minimum absolute atomic E-state index is 0.0608. The summed E-state index contributed by atoms with van der Waals surface area (Å²) in [5.41, 5.74) is 2.22. The van der Waals surface area contributed by atoms with Crippen LogP contribution in [0.5, 0.6) is 5.75 Å². The maximum Gasteiger partial charge on any atom is 0.273 e. The van der Waals surface area contributed by atoms with Crippen LogP contribution < -0.4 is 0 Å². The number of hydrogen-bond donors (Lipinski definition) is 1. The molecule has 0 bridgehead atoms. The van der Waals surface area contributed by atoms with Gasteiger partial charge in [0.25, 0.3) is 5.91 Å². The van der Waals surface area contributed by atoms with E-state index in [2.05, 4.69) is 9.88 Å². The van der Waals surface area contributed by atoms with Gasteiger partial charge in [0.15, 0.2) is 0 Å². The fourth-order valence-electron chi connectivity index (χ4n) is 4.34. The van der Waals surface area contributed by atoms with Gasteiger partial charge in [0.2, 0.25) is 0 Å². The average molecular weight is 356 g/mol. The highest BCUT2D eigenvalue weighted by molar-refractivity contribution is 7.13. The number of thiazole rings is 1. The molecule has 0 radical (unpaired) electrons. The Morgan fingerprint density at radius 1 is 1.24 bits per heavy atom. The lowest BCUT2D eigenvalue weighted by molar-refractivity contribution is 0.0386. The highest BCUT2D eigenvalue weighted by Crippen LogP contribution is 2.37. The lowest BCUT2D eigenvalue weighted by Gasteiger charge is -2.43. The van der Waals surface area contributed by atoms with Crippen molar-refractivity contribution in [3.63, 3.8) is 0 Å². The van der Waals surface area contributed by atoms with Crippen molar-refractivity contribution in [1.29, 1.82) is 0 Å². The molecule has 5 heteroatoms. The summed E-state index contributed by atoms with van der Waals surface area (Å²) >= 11 is 1.43. The van der Waals surface area contributed by atoms with Crippen molar-refractivity contribution < 1.29 is 9.90 Å². The molecule has 2 aliphatic rings. The molecule has 4 nitrogen and oxygen atoms in total. The van der Waals surface area contributed by atoms with E-state index in [1.807, 2.05) is 24.4 Å². The molecule has 0 spiro atoms. The van der Waals surface area contributed by atoms with Crippen LogP contribution in [0.3, 0.4) is 0 Å². The number of aromatic hydroxyl groups is 1. The van der Waals surface area contributed by atoms with Crippen molar-refractivity contribution in [1.82, 2.24) is 9.88 Å². The van der Waals surface area contributed by atoms with Gasteiger partial charge in [-0.15, -0.1) is 11.3 Å². The van der Waals surface area contributed by atoms with Crippen molar-refractivity contribution in [3.05, 3.63) is 34.8 Å². The van der Waals surface area contributed by atoms with Crippen LogP contribution in [-0.2, 0) is 0 Å². The summed E-state index contributed by atoms with van der Waals surface area (Å²) in [5, 5.41) is 12.7. The Balaban J connectivity index is 1.58. The molecule has 2 unspecified atom stereocenters. The maximum atomic E-state index is 13.0. The van der Waals surface area contributed by atoms with Gasteiger partial charge in [-0.3, -0.25) is 4.79 Å². The number of phenolic OH excluding ortho intramolecular Hbond substituents is 1. The first kappa shape index (κ1) is 16.6. The topological polar surface area (TPSA) is 53.4 Å². The summed E-state index contributed by atoms with van der Waals surface area (Å²) in [7, 11) is 0. The first-order chi connectivity index (χ1) is 12.1. The van der Waals surface area contributed by atoms with Crippen molar-refractivity contribution >= 4 is 17.2 Å². The van der Waals surface area contributed by atoms with Gasteiger partial charge in [0.1, 0.15) is 16.5 Å². The molecule has 1 aromatic carbocycles. The lowest BCUT2D eigenvalue weighted by Crippen LogP contribution is -2.49. The Labute approximate surface area is 152 Å². The van der Waals surface area contributed by atoms with Gasteiger partial charge in [-0.05, 0) is 56.2 Å². The standard InChI is InChI=1S/C20H24N2O2S/c1-13-8-9-15(18(23)11-13)19-21-16(12-25-19)20(24)22-10-4-6-14-5-2-3-7-17(14)22/h8-9,11-12,14,17,23H,2-7,10H2,1H3. The molecule has 2 atom stereocenters. The number of hydrogen-bond acceptors (Lipinski definition) is 4. The number of piperidine rings is 1. The van der Waals surface area contributed by atoms with E-state index in [4.69, 9.17) is 0 Å². The van der Waals surface area contributed by atoms with Gasteiger partial charge in [0, 0.05) is 18.0 Å². The highest BCUT2D eigenvalue weighted by Gasteiger charge is 2.36. The zero-order chi connectivity index (χ0) is 17.4. The molecule has 2 aromatic rings. The summed E-state index contributed by atoms with van der Waals surface area (Å²) in [6.07, 6.45) is 7.28. The normalized spacial score (nSPS) is 23.3. The van der Waals surface area contributed by atoms with Gasteiger partial charge in [-0.1, -0.05) is 18.9 Å². The summed E-state index contributed by atoms with van der Waals surface area (Å²) < 4.78 is 0. The number of fused-ring (bicyclic) bond motifs is 1. The molecule has 25 heavy (non-hydrogen) atoms. The van der Waals surface area contributed by atoms with Gasteiger partial charge < -0.3 is 10.0 Å². The quantitative estimate of drug-likeness (QED) is 0.854. The van der Waals surface area contributed by atoms with Gasteiger partial charge >= 0.3 is 0 Å². The van der Waals surface area contributed by atoms with Crippen LogP contribution in [0.2, 0.25) is 0 Å². The fraction of sp³-hybridized carbons (Fsp3) is 0.500. The molecule has 2 heterocycles. The van der Waals surface area contributed by atoms with Gasteiger partial charge in [0.05, 0.1) is 5.56 Å². The Morgan fingerprint density at radius 3 is 2.88 bits per heavy atom. The molecular formula is C20H24N2O2S. The minimum atomic E-state index is 0.0608. The van der Waals surface area contributed by atoms with E-state index in [0.29, 0.717) is 28.2 Å². The smallest absolute Gasteiger partial charge is 0.273 e. The number of rotatable bonds is 2.